The lowest BCUT2D eigenvalue weighted by Crippen LogP contribution is -2.27. The van der Waals surface area contributed by atoms with E-state index in [4.69, 9.17) is 5.73 Å². The van der Waals surface area contributed by atoms with Gasteiger partial charge in [-0.05, 0) is 30.7 Å². The predicted octanol–water partition coefficient (Wildman–Crippen LogP) is 2.45. The molecule has 0 saturated heterocycles. The number of nitrogens with two attached hydrogens (primary N) is 1. The van der Waals surface area contributed by atoms with E-state index < -0.39 is 26.8 Å². The summed E-state index contributed by atoms with van der Waals surface area (Å²) in [7, 11) is -3.97. The second kappa shape index (κ2) is 5.60. The highest BCUT2D eigenvalue weighted by atomic mass is 32.2. The van der Waals surface area contributed by atoms with E-state index in [1.807, 2.05) is 6.07 Å². The molecule has 0 aliphatic rings. The Morgan fingerprint density at radius 2 is 1.80 bits per heavy atom. The highest BCUT2D eigenvalue weighted by Crippen LogP contribution is 2.20. The Bertz CT molecular complexity index is 702. The lowest BCUT2D eigenvalue weighted by Gasteiger charge is -2.15. The lowest BCUT2D eigenvalue weighted by atomic mass is 10.1. The van der Waals surface area contributed by atoms with Crippen LogP contribution in [0.3, 0.4) is 0 Å². The molecule has 0 unspecified atom stereocenters. The second-order valence-electron chi connectivity index (χ2n) is 4.44. The van der Waals surface area contributed by atoms with Gasteiger partial charge in [0.15, 0.2) is 0 Å². The Labute approximate surface area is 117 Å². The van der Waals surface area contributed by atoms with Crippen LogP contribution >= 0.6 is 0 Å². The van der Waals surface area contributed by atoms with Crippen LogP contribution in [0.2, 0.25) is 0 Å². The molecular weight excluding hydrogens is 279 g/mol. The molecule has 20 heavy (non-hydrogen) atoms. The fourth-order valence-corrected chi connectivity index (χ4v) is 3.18. The van der Waals surface area contributed by atoms with Gasteiger partial charge in [0, 0.05) is 11.7 Å². The first-order chi connectivity index (χ1) is 9.40. The number of benzene rings is 2. The minimum absolute atomic E-state index is 0.194. The van der Waals surface area contributed by atoms with E-state index in [1.54, 1.807) is 31.2 Å². The molecule has 0 fully saturated rings. The number of nitrogens with one attached hydrogen (secondary N) is 1. The predicted molar refractivity (Wildman–Crippen MR) is 76.0 cm³/mol. The van der Waals surface area contributed by atoms with E-state index in [-0.39, 0.29) is 5.69 Å². The summed E-state index contributed by atoms with van der Waals surface area (Å²) in [6, 6.07) is 12.0. The van der Waals surface area contributed by atoms with Gasteiger partial charge in [0.05, 0.1) is 0 Å². The molecule has 0 spiro atoms. The summed E-state index contributed by atoms with van der Waals surface area (Å²) in [4.78, 5) is -0.444. The summed E-state index contributed by atoms with van der Waals surface area (Å²) in [6.45, 7) is 1.69. The second-order valence-corrected chi connectivity index (χ2v) is 6.13. The molecule has 2 rings (SSSR count). The van der Waals surface area contributed by atoms with Gasteiger partial charge in [-0.3, -0.25) is 0 Å². The highest BCUT2D eigenvalue weighted by Gasteiger charge is 2.22. The smallest absolute Gasteiger partial charge is 0.244 e. The number of hydrogen-bond acceptors (Lipinski definition) is 3. The van der Waals surface area contributed by atoms with E-state index in [0.717, 1.165) is 17.7 Å². The Morgan fingerprint density at radius 1 is 1.15 bits per heavy atom. The lowest BCUT2D eigenvalue weighted by molar-refractivity contribution is 0.547. The standard InChI is InChI=1S/C14H15FN2O2S/c1-10(11-5-3-2-4-6-11)17-20(18,19)14-9-12(16)7-8-13(14)15/h2-10,17H,16H2,1H3/t10-/m1/s1. The summed E-state index contributed by atoms with van der Waals surface area (Å²) in [6.07, 6.45) is 0. The van der Waals surface area contributed by atoms with Gasteiger partial charge in [-0.2, -0.15) is 0 Å². The van der Waals surface area contributed by atoms with Gasteiger partial charge in [0.2, 0.25) is 10.0 Å². The molecule has 0 bridgehead atoms. The van der Waals surface area contributed by atoms with E-state index in [9.17, 15) is 12.8 Å². The van der Waals surface area contributed by atoms with Crippen molar-refractivity contribution in [3.8, 4) is 0 Å². The molecular formula is C14H15FN2O2S. The van der Waals surface area contributed by atoms with E-state index in [2.05, 4.69) is 4.72 Å². The third-order valence-corrected chi connectivity index (χ3v) is 4.43. The zero-order valence-electron chi connectivity index (χ0n) is 10.9. The van der Waals surface area contributed by atoms with Gasteiger partial charge in [0.25, 0.3) is 0 Å². The molecule has 106 valence electrons. The topological polar surface area (TPSA) is 72.2 Å². The van der Waals surface area contributed by atoms with Crippen LogP contribution in [0, 0.1) is 5.82 Å². The average Bonchev–Trinajstić information content (AvgIpc) is 2.42. The summed E-state index contributed by atoms with van der Waals surface area (Å²) in [5.74, 6) is -0.827. The summed E-state index contributed by atoms with van der Waals surface area (Å²) >= 11 is 0. The fourth-order valence-electron chi connectivity index (χ4n) is 1.83. The molecule has 3 N–H and O–H groups in total. The van der Waals surface area contributed by atoms with E-state index in [1.165, 1.54) is 6.07 Å². The number of anilines is 1. The molecule has 0 aliphatic heterocycles. The molecule has 0 aliphatic carbocycles. The SMILES string of the molecule is C[C@@H](NS(=O)(=O)c1cc(N)ccc1F)c1ccccc1. The first-order valence-corrected chi connectivity index (χ1v) is 7.51. The molecule has 0 amide bonds. The maximum absolute atomic E-state index is 13.6. The highest BCUT2D eigenvalue weighted by molar-refractivity contribution is 7.89. The van der Waals surface area contributed by atoms with Crippen LogP contribution in [0.25, 0.3) is 0 Å². The Morgan fingerprint density at radius 3 is 2.45 bits per heavy atom. The van der Waals surface area contributed by atoms with Crippen molar-refractivity contribution in [2.45, 2.75) is 17.9 Å². The van der Waals surface area contributed by atoms with Crippen LogP contribution in [0.15, 0.2) is 53.4 Å². The van der Waals surface area contributed by atoms with Crippen LogP contribution in [-0.2, 0) is 10.0 Å². The molecule has 6 heteroatoms. The van der Waals surface area contributed by atoms with E-state index >= 15 is 0 Å². The molecule has 0 radical (unpaired) electrons. The van der Waals surface area contributed by atoms with Gasteiger partial charge in [0.1, 0.15) is 10.7 Å². The largest absolute Gasteiger partial charge is 0.399 e. The molecule has 4 nitrogen and oxygen atoms in total. The fraction of sp³-hybridized carbons (Fsp3) is 0.143. The zero-order chi connectivity index (χ0) is 14.8. The van der Waals surface area contributed by atoms with Crippen molar-refractivity contribution in [2.24, 2.45) is 0 Å². The van der Waals surface area contributed by atoms with Crippen molar-refractivity contribution in [1.29, 1.82) is 0 Å². The van der Waals surface area contributed by atoms with Gasteiger partial charge in [-0.25, -0.2) is 17.5 Å². The van der Waals surface area contributed by atoms with Crippen LogP contribution in [-0.4, -0.2) is 8.42 Å². The number of rotatable bonds is 4. The number of sulfonamides is 1. The van der Waals surface area contributed by atoms with Crippen molar-refractivity contribution in [2.75, 3.05) is 5.73 Å². The zero-order valence-corrected chi connectivity index (χ0v) is 11.7. The minimum Gasteiger partial charge on any atom is -0.399 e. The third kappa shape index (κ3) is 3.15. The number of nitrogen functional groups attached to an aromatic ring is 1. The summed E-state index contributed by atoms with van der Waals surface area (Å²) < 4.78 is 40.4. The van der Waals surface area contributed by atoms with Crippen molar-refractivity contribution >= 4 is 15.7 Å². The molecule has 2 aromatic rings. The Hall–Kier alpha value is -1.92. The third-order valence-electron chi connectivity index (χ3n) is 2.88. The molecule has 0 heterocycles. The van der Waals surface area contributed by atoms with Crippen molar-refractivity contribution in [1.82, 2.24) is 4.72 Å². The van der Waals surface area contributed by atoms with Gasteiger partial charge in [-0.15, -0.1) is 0 Å². The van der Waals surface area contributed by atoms with Crippen molar-refractivity contribution < 1.29 is 12.8 Å². The maximum atomic E-state index is 13.6. The van der Waals surface area contributed by atoms with E-state index in [0.29, 0.717) is 0 Å². The average molecular weight is 294 g/mol. The van der Waals surface area contributed by atoms with Gasteiger partial charge in [-0.1, -0.05) is 30.3 Å². The van der Waals surface area contributed by atoms with Crippen LogP contribution in [0.5, 0.6) is 0 Å². The molecule has 2 aromatic carbocycles. The summed E-state index contributed by atoms with van der Waals surface area (Å²) in [5.41, 5.74) is 6.49. The Balaban J connectivity index is 2.30. The maximum Gasteiger partial charge on any atom is 0.244 e. The molecule has 0 saturated carbocycles. The van der Waals surface area contributed by atoms with Crippen molar-refractivity contribution in [3.63, 3.8) is 0 Å². The monoisotopic (exact) mass is 294 g/mol. The van der Waals surface area contributed by atoms with Crippen LogP contribution in [0.4, 0.5) is 10.1 Å². The van der Waals surface area contributed by atoms with Crippen LogP contribution in [0.1, 0.15) is 18.5 Å². The molecule has 0 aromatic heterocycles. The first-order valence-electron chi connectivity index (χ1n) is 6.02. The van der Waals surface area contributed by atoms with Gasteiger partial charge >= 0.3 is 0 Å². The first kappa shape index (κ1) is 14.5. The number of hydrogen-bond donors (Lipinski definition) is 2. The normalized spacial score (nSPS) is 13.1. The molecule has 1 atom stereocenters. The van der Waals surface area contributed by atoms with Crippen molar-refractivity contribution in [3.05, 3.63) is 59.9 Å². The minimum atomic E-state index is -3.97. The Kier molecular flexibility index (Phi) is 4.06. The van der Waals surface area contributed by atoms with Gasteiger partial charge < -0.3 is 5.73 Å². The summed E-state index contributed by atoms with van der Waals surface area (Å²) in [5, 5.41) is 0. The van der Waals surface area contributed by atoms with Crippen LogP contribution < -0.4 is 10.5 Å². The number of halogens is 1. The quantitative estimate of drug-likeness (QED) is 0.851.